The van der Waals surface area contributed by atoms with Crippen molar-refractivity contribution < 1.29 is 29.2 Å². The summed E-state index contributed by atoms with van der Waals surface area (Å²) in [6.45, 7) is 17.0. The number of methoxy groups -OCH3 is 1. The number of ether oxygens (including phenoxy) is 3. The minimum atomic E-state index is -1.02. The minimum Gasteiger partial charge on any atom is -0.446 e. The summed E-state index contributed by atoms with van der Waals surface area (Å²) < 4.78 is 19.0. The summed E-state index contributed by atoms with van der Waals surface area (Å²) in [5.41, 5.74) is -0.793. The lowest BCUT2D eigenvalue weighted by molar-refractivity contribution is -0.209. The topological polar surface area (TPSA) is 100 Å². The molecular formula is C36H60N2O6. The second kappa shape index (κ2) is 9.81. The van der Waals surface area contributed by atoms with Gasteiger partial charge in [-0.05, 0) is 112 Å². The first-order valence-electron chi connectivity index (χ1n) is 17.7. The lowest BCUT2D eigenvalue weighted by atomic mass is 9.41. The quantitative estimate of drug-likeness (QED) is 0.400. The molecule has 1 unspecified atom stereocenters. The molecule has 7 fully saturated rings. The van der Waals surface area contributed by atoms with E-state index in [1.54, 1.807) is 21.0 Å². The zero-order valence-corrected chi connectivity index (χ0v) is 28.8. The molecule has 8 nitrogen and oxygen atoms in total. The van der Waals surface area contributed by atoms with E-state index < -0.39 is 17.8 Å². The number of likely N-dealkylation sites (N-methyl/N-ethyl adjacent to an activating group) is 1. The predicted molar refractivity (Wildman–Crippen MR) is 168 cm³/mol. The van der Waals surface area contributed by atoms with Gasteiger partial charge >= 0.3 is 6.09 Å². The van der Waals surface area contributed by atoms with E-state index in [2.05, 4.69) is 39.9 Å². The summed E-state index contributed by atoms with van der Waals surface area (Å²) in [5.74, 6) is 1.65. The highest BCUT2D eigenvalue weighted by molar-refractivity contribution is 5.69. The Labute approximate surface area is 265 Å². The fourth-order valence-corrected chi connectivity index (χ4v) is 13.6. The van der Waals surface area contributed by atoms with Crippen LogP contribution in [0.25, 0.3) is 0 Å². The van der Waals surface area contributed by atoms with Crippen LogP contribution >= 0.6 is 0 Å². The summed E-state index contributed by atoms with van der Waals surface area (Å²) in [6, 6.07) is 0.377. The molecule has 250 valence electrons. The second-order valence-electron chi connectivity index (χ2n) is 18.1. The van der Waals surface area contributed by atoms with Gasteiger partial charge in [0.15, 0.2) is 0 Å². The molecule has 0 radical (unpaired) electrons. The highest BCUT2D eigenvalue weighted by Crippen LogP contribution is 2.89. The van der Waals surface area contributed by atoms with Crippen LogP contribution in [-0.4, -0.2) is 90.6 Å². The molecule has 44 heavy (non-hydrogen) atoms. The van der Waals surface area contributed by atoms with Gasteiger partial charge < -0.3 is 34.6 Å². The highest BCUT2D eigenvalue weighted by Gasteiger charge is 2.84. The number of aliphatic hydroxyl groups is 2. The third-order valence-corrected chi connectivity index (χ3v) is 15.8. The van der Waals surface area contributed by atoms with E-state index in [4.69, 9.17) is 14.2 Å². The molecule has 1 amide bonds. The summed E-state index contributed by atoms with van der Waals surface area (Å²) in [4.78, 5) is 14.9. The van der Waals surface area contributed by atoms with Crippen LogP contribution in [0.15, 0.2) is 0 Å². The molecule has 0 aromatic rings. The van der Waals surface area contributed by atoms with Gasteiger partial charge in [-0.2, -0.15) is 0 Å². The SMILES string of the molecule is CNC1CN(C(=O)O[C@H]2CCC34C[C@]35CC[C@]3(C)[C@@H]6[C@H](O[C@@H]([C@H](OC)C(C)(C)O)C[C@H]6C)[C@H](O)[C@@]3(C)[C@@H]5CC[C@H]4C2(C)C)C1. The monoisotopic (exact) mass is 616 g/mol. The minimum absolute atomic E-state index is 0.00399. The van der Waals surface area contributed by atoms with Gasteiger partial charge in [0.2, 0.25) is 0 Å². The number of likely N-dealkylation sites (tertiary alicyclic amines) is 1. The van der Waals surface area contributed by atoms with Crippen molar-refractivity contribution in [2.24, 2.45) is 50.7 Å². The number of amides is 1. The maximum atomic E-state index is 13.1. The first-order chi connectivity index (χ1) is 20.5. The number of rotatable bonds is 5. The zero-order chi connectivity index (χ0) is 31.8. The van der Waals surface area contributed by atoms with Gasteiger partial charge in [0.05, 0.1) is 23.9 Å². The van der Waals surface area contributed by atoms with Crippen LogP contribution < -0.4 is 5.32 Å². The van der Waals surface area contributed by atoms with Gasteiger partial charge in [0.1, 0.15) is 12.2 Å². The molecule has 7 aliphatic rings. The van der Waals surface area contributed by atoms with Gasteiger partial charge in [-0.3, -0.25) is 0 Å². The molecule has 8 heteroatoms. The Kier molecular flexibility index (Phi) is 7.06. The summed E-state index contributed by atoms with van der Waals surface area (Å²) >= 11 is 0. The molecule has 13 atom stereocenters. The number of hydrogen-bond donors (Lipinski definition) is 3. The standard InChI is InChI=1S/C36H60N2O6/c1-20-16-22(29(42-9)32(4,5)41)43-27-26(20)33(6)14-15-36-19-35(36)13-12-25(44-30(40)38-17-21(18-38)37-8)31(2,3)23(35)10-11-24(36)34(33,7)28(27)39/h20-29,37,39,41H,10-19H2,1-9H3/t20-,22-,23+,24+,25+,26+,27+,28+,29+,33-,34-,35?,36+/m1/s1. The van der Waals surface area contributed by atoms with Crippen molar-refractivity contribution in [3.8, 4) is 0 Å². The van der Waals surface area contributed by atoms with Crippen molar-refractivity contribution in [1.29, 1.82) is 0 Å². The zero-order valence-electron chi connectivity index (χ0n) is 28.8. The van der Waals surface area contributed by atoms with Crippen molar-refractivity contribution in [2.45, 2.75) is 142 Å². The number of carbonyl (C=O) groups excluding carboxylic acids is 1. The number of aliphatic hydroxyl groups excluding tert-OH is 1. The number of hydrogen-bond acceptors (Lipinski definition) is 7. The Balaban J connectivity index is 1.14. The number of carbonyl (C=O) groups is 1. The van der Waals surface area contributed by atoms with Crippen molar-refractivity contribution >= 4 is 6.09 Å². The Morgan fingerprint density at radius 2 is 1.70 bits per heavy atom. The largest absolute Gasteiger partial charge is 0.446 e. The molecular weight excluding hydrogens is 556 g/mol. The molecule has 0 aromatic heterocycles. The van der Waals surface area contributed by atoms with E-state index in [1.807, 2.05) is 11.9 Å². The maximum absolute atomic E-state index is 13.1. The Bertz CT molecular complexity index is 1170. The summed E-state index contributed by atoms with van der Waals surface area (Å²) in [5, 5.41) is 26.6. The fourth-order valence-electron chi connectivity index (χ4n) is 13.6. The van der Waals surface area contributed by atoms with Crippen LogP contribution in [0.3, 0.4) is 0 Å². The first kappa shape index (κ1) is 31.7. The molecule has 0 bridgehead atoms. The number of nitrogens with zero attached hydrogens (tertiary/aromatic N) is 1. The van der Waals surface area contributed by atoms with Crippen LogP contribution in [0.4, 0.5) is 4.79 Å². The highest BCUT2D eigenvalue weighted by atomic mass is 16.6. The molecule has 5 aliphatic carbocycles. The molecule has 3 N–H and O–H groups in total. The van der Waals surface area contributed by atoms with E-state index in [1.165, 1.54) is 12.8 Å². The summed E-state index contributed by atoms with van der Waals surface area (Å²) in [6.07, 6.45) is 7.13. The molecule has 2 saturated heterocycles. The third-order valence-electron chi connectivity index (χ3n) is 15.8. The van der Waals surface area contributed by atoms with Gasteiger partial charge in [0.25, 0.3) is 0 Å². The van der Waals surface area contributed by atoms with Gasteiger partial charge in [0, 0.05) is 37.1 Å². The van der Waals surface area contributed by atoms with E-state index in [0.29, 0.717) is 29.7 Å². The normalized spacial score (nSPS) is 51.6. The second-order valence-corrected chi connectivity index (χ2v) is 18.1. The average molecular weight is 617 g/mol. The molecule has 5 saturated carbocycles. The van der Waals surface area contributed by atoms with Crippen molar-refractivity contribution in [3.05, 3.63) is 0 Å². The molecule has 7 rings (SSSR count). The van der Waals surface area contributed by atoms with E-state index in [9.17, 15) is 15.0 Å². The van der Waals surface area contributed by atoms with E-state index in [0.717, 1.165) is 51.6 Å². The molecule has 2 heterocycles. The predicted octanol–water partition coefficient (Wildman–Crippen LogP) is 4.99. The van der Waals surface area contributed by atoms with E-state index >= 15 is 0 Å². The Morgan fingerprint density at radius 1 is 1.05 bits per heavy atom. The third kappa shape index (κ3) is 3.84. The summed E-state index contributed by atoms with van der Waals surface area (Å²) in [7, 11) is 3.61. The number of nitrogens with one attached hydrogen (secondary N) is 1. The lowest BCUT2D eigenvalue weighted by Crippen LogP contribution is -2.61. The van der Waals surface area contributed by atoms with Gasteiger partial charge in [-0.25, -0.2) is 4.79 Å². The van der Waals surface area contributed by atoms with Crippen molar-refractivity contribution in [3.63, 3.8) is 0 Å². The van der Waals surface area contributed by atoms with Crippen LogP contribution in [0.2, 0.25) is 0 Å². The number of fused-ring (bicyclic) bond motifs is 4. The van der Waals surface area contributed by atoms with Gasteiger partial charge in [-0.1, -0.05) is 34.6 Å². The Hall–Kier alpha value is -0.930. The van der Waals surface area contributed by atoms with Gasteiger partial charge in [-0.15, -0.1) is 0 Å². The fraction of sp³-hybridized carbons (Fsp3) is 0.972. The van der Waals surface area contributed by atoms with Crippen LogP contribution in [-0.2, 0) is 14.2 Å². The van der Waals surface area contributed by atoms with E-state index in [-0.39, 0.29) is 51.5 Å². The van der Waals surface area contributed by atoms with Crippen molar-refractivity contribution in [2.75, 3.05) is 27.2 Å². The van der Waals surface area contributed by atoms with Crippen LogP contribution in [0.1, 0.15) is 99.8 Å². The molecule has 2 spiro atoms. The first-order valence-corrected chi connectivity index (χ1v) is 17.7. The van der Waals surface area contributed by atoms with Crippen LogP contribution in [0, 0.1) is 50.7 Å². The Morgan fingerprint density at radius 3 is 2.34 bits per heavy atom. The smallest absolute Gasteiger partial charge is 0.410 e. The maximum Gasteiger partial charge on any atom is 0.410 e. The average Bonchev–Trinajstić information content (AvgIpc) is 3.54. The van der Waals surface area contributed by atoms with Crippen LogP contribution in [0.5, 0.6) is 0 Å². The van der Waals surface area contributed by atoms with Crippen molar-refractivity contribution in [1.82, 2.24) is 10.2 Å². The lowest BCUT2D eigenvalue weighted by Gasteiger charge is -2.63. The molecule has 0 aromatic carbocycles. The molecule has 2 aliphatic heterocycles.